The summed E-state index contributed by atoms with van der Waals surface area (Å²) in [6, 6.07) is 7.00. The maximum Gasteiger partial charge on any atom is 0.310 e. The van der Waals surface area contributed by atoms with Crippen molar-refractivity contribution >= 4 is 22.7 Å². The van der Waals surface area contributed by atoms with E-state index in [0.717, 1.165) is 5.56 Å². The van der Waals surface area contributed by atoms with Gasteiger partial charge in [0.25, 0.3) is 0 Å². The molecule has 2 heterocycles. The zero-order valence-corrected chi connectivity index (χ0v) is 14.7. The molecule has 6 heteroatoms. The molecule has 3 aromatic rings. The van der Waals surface area contributed by atoms with Gasteiger partial charge in [0.1, 0.15) is 0 Å². The van der Waals surface area contributed by atoms with Crippen LogP contribution in [0, 0.1) is 0 Å². The van der Waals surface area contributed by atoms with E-state index in [9.17, 15) is 9.59 Å². The lowest BCUT2D eigenvalue weighted by atomic mass is 9.97. The number of pyridine rings is 1. The molecular weight excluding hydrogens is 334 g/mol. The van der Waals surface area contributed by atoms with Crippen molar-refractivity contribution in [1.82, 2.24) is 4.98 Å². The SMILES string of the molecule is CCOC(=O)Cc1coc2c(OC)ccc(C(=O)Cc3ccncc3)c12. The molecular formula is C20H19NO5. The first-order valence-electron chi connectivity index (χ1n) is 8.28. The summed E-state index contributed by atoms with van der Waals surface area (Å²) in [6.45, 7) is 2.05. The van der Waals surface area contributed by atoms with Crippen LogP contribution < -0.4 is 4.74 Å². The van der Waals surface area contributed by atoms with Crippen LogP contribution >= 0.6 is 0 Å². The largest absolute Gasteiger partial charge is 0.493 e. The van der Waals surface area contributed by atoms with E-state index in [1.807, 2.05) is 0 Å². The molecule has 0 bridgehead atoms. The average molecular weight is 353 g/mol. The highest BCUT2D eigenvalue weighted by molar-refractivity contribution is 6.10. The summed E-state index contributed by atoms with van der Waals surface area (Å²) < 4.78 is 15.9. The highest BCUT2D eigenvalue weighted by Gasteiger charge is 2.21. The van der Waals surface area contributed by atoms with Gasteiger partial charge in [-0.15, -0.1) is 0 Å². The lowest BCUT2D eigenvalue weighted by Crippen LogP contribution is -2.09. The van der Waals surface area contributed by atoms with Gasteiger partial charge in [-0.2, -0.15) is 0 Å². The van der Waals surface area contributed by atoms with Gasteiger partial charge in [0.15, 0.2) is 17.1 Å². The number of carbonyl (C=O) groups excluding carboxylic acids is 2. The van der Waals surface area contributed by atoms with Crippen LogP contribution in [0.1, 0.15) is 28.4 Å². The van der Waals surface area contributed by atoms with Crippen LogP contribution in [-0.4, -0.2) is 30.5 Å². The van der Waals surface area contributed by atoms with Crippen molar-refractivity contribution in [1.29, 1.82) is 0 Å². The van der Waals surface area contributed by atoms with Crippen LogP contribution in [-0.2, 0) is 22.4 Å². The maximum absolute atomic E-state index is 12.9. The van der Waals surface area contributed by atoms with Crippen molar-refractivity contribution in [3.63, 3.8) is 0 Å². The Morgan fingerprint density at radius 1 is 1.12 bits per heavy atom. The fourth-order valence-corrected chi connectivity index (χ4v) is 2.86. The Bertz CT molecular complexity index is 930. The van der Waals surface area contributed by atoms with E-state index < -0.39 is 0 Å². The van der Waals surface area contributed by atoms with E-state index in [1.165, 1.54) is 13.4 Å². The number of rotatable bonds is 7. The number of Topliss-reactive ketones (excluding diaryl/α,β-unsaturated/α-hetero) is 1. The van der Waals surface area contributed by atoms with E-state index in [1.54, 1.807) is 43.6 Å². The number of esters is 1. The molecule has 26 heavy (non-hydrogen) atoms. The van der Waals surface area contributed by atoms with Crippen molar-refractivity contribution in [2.24, 2.45) is 0 Å². The molecule has 0 amide bonds. The Balaban J connectivity index is 2.02. The van der Waals surface area contributed by atoms with Crippen molar-refractivity contribution < 1.29 is 23.5 Å². The summed E-state index contributed by atoms with van der Waals surface area (Å²) in [7, 11) is 1.53. The van der Waals surface area contributed by atoms with E-state index in [4.69, 9.17) is 13.9 Å². The Kier molecular flexibility index (Phi) is 5.31. The van der Waals surface area contributed by atoms with E-state index in [2.05, 4.69) is 4.98 Å². The van der Waals surface area contributed by atoms with E-state index in [0.29, 0.717) is 34.5 Å². The second-order valence-corrected chi connectivity index (χ2v) is 5.72. The Morgan fingerprint density at radius 2 is 1.88 bits per heavy atom. The van der Waals surface area contributed by atoms with Crippen LogP contribution in [0.3, 0.4) is 0 Å². The van der Waals surface area contributed by atoms with E-state index >= 15 is 0 Å². The molecule has 0 unspecified atom stereocenters. The summed E-state index contributed by atoms with van der Waals surface area (Å²) >= 11 is 0. The number of furan rings is 1. The van der Waals surface area contributed by atoms with Crippen molar-refractivity contribution in [3.8, 4) is 5.75 Å². The number of ether oxygens (including phenoxy) is 2. The zero-order chi connectivity index (χ0) is 18.5. The molecule has 0 fully saturated rings. The molecule has 0 aliphatic heterocycles. The van der Waals surface area contributed by atoms with Gasteiger partial charge >= 0.3 is 5.97 Å². The lowest BCUT2D eigenvalue weighted by Gasteiger charge is -2.08. The van der Waals surface area contributed by atoms with Crippen LogP contribution in [0.25, 0.3) is 11.0 Å². The number of fused-ring (bicyclic) bond motifs is 1. The molecule has 3 rings (SSSR count). The van der Waals surface area contributed by atoms with Gasteiger partial charge in [-0.1, -0.05) is 0 Å². The predicted octanol–water partition coefficient (Wildman–Crippen LogP) is 3.37. The Morgan fingerprint density at radius 3 is 2.58 bits per heavy atom. The Labute approximate surface area is 150 Å². The molecule has 0 saturated carbocycles. The minimum Gasteiger partial charge on any atom is -0.493 e. The number of benzene rings is 1. The third-order valence-electron chi connectivity index (χ3n) is 4.04. The third-order valence-corrected chi connectivity index (χ3v) is 4.04. The highest BCUT2D eigenvalue weighted by atomic mass is 16.5. The number of methoxy groups -OCH3 is 1. The number of ketones is 1. The van der Waals surface area contributed by atoms with Crippen LogP contribution in [0.5, 0.6) is 5.75 Å². The number of hydrogen-bond acceptors (Lipinski definition) is 6. The normalized spacial score (nSPS) is 10.7. The van der Waals surface area contributed by atoms with E-state index in [-0.39, 0.29) is 24.6 Å². The molecule has 2 aromatic heterocycles. The van der Waals surface area contributed by atoms with Gasteiger partial charge in [0.2, 0.25) is 0 Å². The second-order valence-electron chi connectivity index (χ2n) is 5.72. The molecule has 0 atom stereocenters. The van der Waals surface area contributed by atoms with Gasteiger partial charge in [-0.05, 0) is 36.8 Å². The number of nitrogens with zero attached hydrogens (tertiary/aromatic N) is 1. The molecule has 134 valence electrons. The summed E-state index contributed by atoms with van der Waals surface area (Å²) in [5.41, 5.74) is 2.41. The van der Waals surface area contributed by atoms with Crippen LogP contribution in [0.2, 0.25) is 0 Å². The molecule has 6 nitrogen and oxygen atoms in total. The third kappa shape index (κ3) is 3.59. The summed E-state index contributed by atoms with van der Waals surface area (Å²) in [5, 5.41) is 0.594. The molecule has 0 spiro atoms. The molecule has 0 saturated heterocycles. The van der Waals surface area contributed by atoms with Gasteiger partial charge in [-0.25, -0.2) is 0 Å². The first kappa shape index (κ1) is 17.7. The van der Waals surface area contributed by atoms with Gasteiger partial charge in [0.05, 0.1) is 26.4 Å². The fourth-order valence-electron chi connectivity index (χ4n) is 2.86. The Hall–Kier alpha value is -3.15. The smallest absolute Gasteiger partial charge is 0.310 e. The molecule has 1 aromatic carbocycles. The zero-order valence-electron chi connectivity index (χ0n) is 14.7. The lowest BCUT2D eigenvalue weighted by molar-refractivity contribution is -0.142. The van der Waals surface area contributed by atoms with Gasteiger partial charge in [-0.3, -0.25) is 14.6 Å². The predicted molar refractivity (Wildman–Crippen MR) is 95.4 cm³/mol. The standard InChI is InChI=1S/C20H19NO5/c1-3-25-18(23)11-14-12-26-20-17(24-2)5-4-15(19(14)20)16(22)10-13-6-8-21-9-7-13/h4-9,12H,3,10-11H2,1-2H3. The number of carbonyl (C=O) groups is 2. The first-order valence-corrected chi connectivity index (χ1v) is 8.28. The molecule has 0 N–H and O–H groups in total. The van der Waals surface area contributed by atoms with Crippen LogP contribution in [0.4, 0.5) is 0 Å². The summed E-state index contributed by atoms with van der Waals surface area (Å²) in [6.07, 6.45) is 5.04. The van der Waals surface area contributed by atoms with Crippen molar-refractivity contribution in [2.45, 2.75) is 19.8 Å². The average Bonchev–Trinajstić information content (AvgIpc) is 3.05. The minimum atomic E-state index is -0.370. The maximum atomic E-state index is 12.9. The topological polar surface area (TPSA) is 78.6 Å². The second kappa shape index (κ2) is 7.82. The van der Waals surface area contributed by atoms with Gasteiger partial charge in [0, 0.05) is 35.3 Å². The van der Waals surface area contributed by atoms with Crippen molar-refractivity contribution in [2.75, 3.05) is 13.7 Å². The molecule has 0 radical (unpaired) electrons. The molecule has 0 aliphatic rings. The number of hydrogen-bond donors (Lipinski definition) is 0. The molecule has 0 aliphatic carbocycles. The summed E-state index contributed by atoms with van der Waals surface area (Å²) in [5.74, 6) is 0.0662. The quantitative estimate of drug-likeness (QED) is 0.479. The van der Waals surface area contributed by atoms with Gasteiger partial charge < -0.3 is 13.9 Å². The fraction of sp³-hybridized carbons (Fsp3) is 0.250. The first-order chi connectivity index (χ1) is 12.6. The monoisotopic (exact) mass is 353 g/mol. The highest BCUT2D eigenvalue weighted by Crippen LogP contribution is 2.33. The minimum absolute atomic E-state index is 0.0313. The number of aromatic nitrogens is 1. The van der Waals surface area contributed by atoms with Crippen molar-refractivity contribution in [3.05, 3.63) is 59.6 Å². The van der Waals surface area contributed by atoms with Crippen LogP contribution in [0.15, 0.2) is 47.3 Å². The summed E-state index contributed by atoms with van der Waals surface area (Å²) in [4.78, 5) is 28.7.